The van der Waals surface area contributed by atoms with Crippen LogP contribution in [0.1, 0.15) is 32.4 Å². The number of thioether (sulfide) groups is 1. The van der Waals surface area contributed by atoms with Crippen LogP contribution in [0.4, 0.5) is 5.82 Å². The number of para-hydroxylation sites is 1. The lowest BCUT2D eigenvalue weighted by molar-refractivity contribution is 0.0944. The number of rotatable bonds is 2. The summed E-state index contributed by atoms with van der Waals surface area (Å²) in [5.74, 6) is -0.178. The van der Waals surface area contributed by atoms with Gasteiger partial charge in [0.25, 0.3) is 5.91 Å². The number of benzene rings is 3. The van der Waals surface area contributed by atoms with Crippen molar-refractivity contribution in [2.24, 2.45) is 10.7 Å². The minimum Gasteiger partial charge on any atom is -0.507 e. The maximum Gasteiger partial charge on any atom is 0.283 e. The van der Waals surface area contributed by atoms with Crippen molar-refractivity contribution < 1.29 is 15.0 Å². The number of phenols is 2. The largest absolute Gasteiger partial charge is 0.507 e. The highest BCUT2D eigenvalue weighted by Crippen LogP contribution is 2.49. The number of carbonyl (C=O) groups is 1. The monoisotopic (exact) mass is 430 g/mol. The number of aromatic nitrogens is 2. The Hall–Kier alpha value is -3.78. The van der Waals surface area contributed by atoms with Gasteiger partial charge in [0, 0.05) is 16.5 Å². The maximum absolute atomic E-state index is 13.1. The topological polar surface area (TPSA) is 114 Å². The van der Waals surface area contributed by atoms with Gasteiger partial charge in [-0.15, -0.1) is 0 Å². The Labute approximate surface area is 181 Å². The normalized spacial score (nSPS) is 15.5. The van der Waals surface area contributed by atoms with E-state index in [1.54, 1.807) is 19.1 Å². The fraction of sp³-hybridized carbons (Fsp3) is 0.0870. The molecule has 0 radical (unpaired) electrons. The first-order valence-electron chi connectivity index (χ1n) is 9.59. The summed E-state index contributed by atoms with van der Waals surface area (Å²) in [6.07, 6.45) is 0. The summed E-state index contributed by atoms with van der Waals surface area (Å²) in [5, 5.41) is 27.1. The Morgan fingerprint density at radius 2 is 1.81 bits per heavy atom. The first-order valence-corrected chi connectivity index (χ1v) is 10.5. The molecule has 0 spiro atoms. The van der Waals surface area contributed by atoms with Gasteiger partial charge in [-0.05, 0) is 24.4 Å². The first kappa shape index (κ1) is 19.2. The lowest BCUT2D eigenvalue weighted by Gasteiger charge is -2.22. The third-order valence-corrected chi connectivity index (χ3v) is 6.40. The molecule has 4 N–H and O–H groups in total. The Balaban J connectivity index is 1.68. The van der Waals surface area contributed by atoms with Crippen molar-refractivity contribution in [3.05, 3.63) is 83.0 Å². The van der Waals surface area contributed by atoms with E-state index in [1.165, 1.54) is 23.9 Å². The first-order chi connectivity index (χ1) is 15.0. The summed E-state index contributed by atoms with van der Waals surface area (Å²) in [6, 6.07) is 17.7. The van der Waals surface area contributed by atoms with Crippen molar-refractivity contribution in [2.75, 3.05) is 0 Å². The number of nitrogens with zero attached hydrogens (tertiary/aromatic N) is 3. The molecule has 31 heavy (non-hydrogen) atoms. The van der Waals surface area contributed by atoms with Crippen LogP contribution in [0.5, 0.6) is 11.5 Å². The van der Waals surface area contributed by atoms with Gasteiger partial charge in [0.15, 0.2) is 11.0 Å². The third-order valence-electron chi connectivity index (χ3n) is 5.34. The second-order valence-corrected chi connectivity index (χ2v) is 8.35. The van der Waals surface area contributed by atoms with Gasteiger partial charge in [0.05, 0.1) is 16.5 Å². The van der Waals surface area contributed by atoms with E-state index < -0.39 is 5.91 Å². The summed E-state index contributed by atoms with van der Waals surface area (Å²) < 4.78 is 1.16. The van der Waals surface area contributed by atoms with Gasteiger partial charge in [-0.2, -0.15) is 9.78 Å². The fourth-order valence-electron chi connectivity index (χ4n) is 3.86. The summed E-state index contributed by atoms with van der Waals surface area (Å²) >= 11 is 1.30. The molecule has 7 nitrogen and oxygen atoms in total. The van der Waals surface area contributed by atoms with Crippen LogP contribution in [0.3, 0.4) is 0 Å². The molecule has 1 aliphatic heterocycles. The minimum absolute atomic E-state index is 0.116. The molecule has 2 heterocycles. The lowest BCUT2D eigenvalue weighted by Crippen LogP contribution is -2.18. The van der Waals surface area contributed by atoms with Crippen LogP contribution >= 0.6 is 11.8 Å². The molecule has 0 saturated carbocycles. The fourth-order valence-corrected chi connectivity index (χ4v) is 4.96. The van der Waals surface area contributed by atoms with E-state index in [2.05, 4.69) is 10.1 Å². The highest BCUT2D eigenvalue weighted by molar-refractivity contribution is 8.14. The van der Waals surface area contributed by atoms with Gasteiger partial charge >= 0.3 is 0 Å². The highest BCUT2D eigenvalue weighted by atomic mass is 32.2. The molecule has 1 aliphatic rings. The van der Waals surface area contributed by atoms with E-state index in [-0.39, 0.29) is 27.5 Å². The van der Waals surface area contributed by atoms with E-state index >= 15 is 0 Å². The predicted molar refractivity (Wildman–Crippen MR) is 121 cm³/mol. The molecule has 0 saturated heterocycles. The van der Waals surface area contributed by atoms with Crippen molar-refractivity contribution in [3.8, 4) is 11.5 Å². The van der Waals surface area contributed by atoms with Crippen LogP contribution in [-0.2, 0) is 0 Å². The van der Waals surface area contributed by atoms with Crippen molar-refractivity contribution >= 4 is 39.4 Å². The number of carbonyl (C=O) groups excluding carboxylic acids is 1. The Bertz CT molecular complexity index is 1390. The number of aryl methyl sites for hydroxylation is 1. The number of nitrogens with two attached hydrogens (primary N) is 1. The van der Waals surface area contributed by atoms with E-state index in [0.29, 0.717) is 22.6 Å². The predicted octanol–water partition coefficient (Wildman–Crippen LogP) is 4.23. The molecular weight excluding hydrogens is 412 g/mol. The number of phenolic OH excluding ortho intramolecular Hbond substituents is 2. The second-order valence-electron chi connectivity index (χ2n) is 7.23. The molecular formula is C23H18N4O3S. The van der Waals surface area contributed by atoms with Gasteiger partial charge in [0.2, 0.25) is 0 Å². The van der Waals surface area contributed by atoms with Crippen LogP contribution < -0.4 is 5.73 Å². The molecule has 1 atom stereocenters. The van der Waals surface area contributed by atoms with Gasteiger partial charge in [-0.3, -0.25) is 4.79 Å². The third kappa shape index (κ3) is 3.03. The Morgan fingerprint density at radius 1 is 1.06 bits per heavy atom. The number of aliphatic imine (C=N–C) groups is 1. The molecule has 8 heteroatoms. The SMILES string of the molecule is Cc1nn(C(=O)c2ccccc2O)c2c1C(c1ccc3ccccc3c1O)SC(N)=N2. The molecule has 1 aromatic heterocycles. The summed E-state index contributed by atoms with van der Waals surface area (Å²) in [6.45, 7) is 1.79. The minimum atomic E-state index is -0.507. The zero-order valence-electron chi connectivity index (χ0n) is 16.5. The number of fused-ring (bicyclic) bond motifs is 2. The Kier molecular flexibility index (Phi) is 4.44. The Morgan fingerprint density at radius 3 is 2.61 bits per heavy atom. The highest BCUT2D eigenvalue weighted by Gasteiger charge is 2.34. The lowest BCUT2D eigenvalue weighted by atomic mass is 9.99. The van der Waals surface area contributed by atoms with E-state index in [1.807, 2.05) is 36.4 Å². The van der Waals surface area contributed by atoms with Crippen molar-refractivity contribution in [1.82, 2.24) is 9.78 Å². The molecule has 3 aromatic carbocycles. The van der Waals surface area contributed by atoms with Gasteiger partial charge in [0.1, 0.15) is 11.5 Å². The molecule has 0 fully saturated rings. The quantitative estimate of drug-likeness (QED) is 0.439. The number of amidine groups is 1. The van der Waals surface area contributed by atoms with Crippen molar-refractivity contribution in [2.45, 2.75) is 12.2 Å². The maximum atomic E-state index is 13.1. The van der Waals surface area contributed by atoms with E-state index in [0.717, 1.165) is 15.5 Å². The van der Waals surface area contributed by atoms with E-state index in [9.17, 15) is 15.0 Å². The van der Waals surface area contributed by atoms with Crippen LogP contribution in [0, 0.1) is 6.92 Å². The summed E-state index contributed by atoms with van der Waals surface area (Å²) in [5.41, 5.74) is 8.20. The molecule has 1 unspecified atom stereocenters. The number of aromatic hydroxyl groups is 2. The van der Waals surface area contributed by atoms with Crippen LogP contribution in [0.2, 0.25) is 0 Å². The number of hydrogen-bond acceptors (Lipinski definition) is 7. The van der Waals surface area contributed by atoms with Gasteiger partial charge in [-0.1, -0.05) is 60.3 Å². The number of hydrogen-bond donors (Lipinski definition) is 3. The second kappa shape index (κ2) is 7.17. The molecule has 4 aromatic rings. The van der Waals surface area contributed by atoms with Crippen LogP contribution in [0.25, 0.3) is 10.8 Å². The van der Waals surface area contributed by atoms with Crippen molar-refractivity contribution in [1.29, 1.82) is 0 Å². The zero-order chi connectivity index (χ0) is 21.7. The van der Waals surface area contributed by atoms with E-state index in [4.69, 9.17) is 5.73 Å². The molecule has 5 rings (SSSR count). The zero-order valence-corrected chi connectivity index (χ0v) is 17.3. The smallest absolute Gasteiger partial charge is 0.283 e. The average Bonchev–Trinajstić information content (AvgIpc) is 3.10. The van der Waals surface area contributed by atoms with Crippen LogP contribution in [0.15, 0.2) is 65.7 Å². The molecule has 0 bridgehead atoms. The van der Waals surface area contributed by atoms with Crippen molar-refractivity contribution in [3.63, 3.8) is 0 Å². The average molecular weight is 430 g/mol. The molecule has 154 valence electrons. The molecule has 0 aliphatic carbocycles. The standard InChI is InChI=1S/C23H18N4O3S/c1-12-18-20(16-11-10-13-6-2-3-7-14(13)19(16)29)31-23(24)25-21(18)27(26-12)22(30)15-8-4-5-9-17(15)28/h2-11,20,28-29H,1H3,(H2,24,25). The summed E-state index contributed by atoms with van der Waals surface area (Å²) in [4.78, 5) is 17.5. The van der Waals surface area contributed by atoms with Gasteiger partial charge < -0.3 is 15.9 Å². The van der Waals surface area contributed by atoms with Crippen LogP contribution in [-0.4, -0.2) is 31.1 Å². The van der Waals surface area contributed by atoms with Gasteiger partial charge in [-0.25, -0.2) is 4.99 Å². The summed E-state index contributed by atoms with van der Waals surface area (Å²) in [7, 11) is 0. The molecule has 0 amide bonds.